The molecule has 0 aliphatic heterocycles. The molecule has 1 N–H and O–H groups in total. The highest BCUT2D eigenvalue weighted by Gasteiger charge is 2.14. The maximum Gasteiger partial charge on any atom is 0.337 e. The molecule has 0 spiro atoms. The van der Waals surface area contributed by atoms with Gasteiger partial charge in [0.1, 0.15) is 11.5 Å². The van der Waals surface area contributed by atoms with Gasteiger partial charge in [-0.25, -0.2) is 4.79 Å². The van der Waals surface area contributed by atoms with Gasteiger partial charge in [-0.2, -0.15) is 0 Å². The van der Waals surface area contributed by atoms with Gasteiger partial charge in [0.2, 0.25) is 0 Å². The molecule has 6 nitrogen and oxygen atoms in total. The van der Waals surface area contributed by atoms with Crippen molar-refractivity contribution in [3.63, 3.8) is 0 Å². The van der Waals surface area contributed by atoms with E-state index in [4.69, 9.17) is 9.47 Å². The van der Waals surface area contributed by atoms with E-state index in [1.54, 1.807) is 36.5 Å². The smallest absolute Gasteiger partial charge is 0.337 e. The molecule has 0 aliphatic rings. The number of fused-ring (bicyclic) bond motifs is 1. The Bertz CT molecular complexity index is 1350. The SMILES string of the molecule is COC(=O)c1cccc(CNC(=O)c2cccc(Oc3ccnc4cc(C)ccc34)c2C)c1. The van der Waals surface area contributed by atoms with Crippen LogP contribution < -0.4 is 10.1 Å². The summed E-state index contributed by atoms with van der Waals surface area (Å²) in [5.74, 6) is 0.642. The Morgan fingerprint density at radius 1 is 0.939 bits per heavy atom. The normalized spacial score (nSPS) is 10.6. The lowest BCUT2D eigenvalue weighted by atomic mass is 10.1. The van der Waals surface area contributed by atoms with Crippen molar-refractivity contribution < 1.29 is 19.1 Å². The number of hydrogen-bond acceptors (Lipinski definition) is 5. The summed E-state index contributed by atoms with van der Waals surface area (Å²) in [5, 5.41) is 3.82. The lowest BCUT2D eigenvalue weighted by Crippen LogP contribution is -2.23. The summed E-state index contributed by atoms with van der Waals surface area (Å²) in [7, 11) is 1.34. The summed E-state index contributed by atoms with van der Waals surface area (Å²) in [6.45, 7) is 4.16. The van der Waals surface area contributed by atoms with Crippen molar-refractivity contribution in [3.8, 4) is 11.5 Å². The summed E-state index contributed by atoms with van der Waals surface area (Å²) in [6.07, 6.45) is 1.71. The number of amides is 1. The van der Waals surface area contributed by atoms with Crippen LogP contribution in [-0.4, -0.2) is 24.0 Å². The quantitative estimate of drug-likeness (QED) is 0.409. The van der Waals surface area contributed by atoms with Crippen molar-refractivity contribution in [2.75, 3.05) is 7.11 Å². The van der Waals surface area contributed by atoms with Crippen LogP contribution in [0.1, 0.15) is 37.4 Å². The van der Waals surface area contributed by atoms with Crippen LogP contribution in [0.2, 0.25) is 0 Å². The first kappa shape index (κ1) is 22.0. The average molecular weight is 440 g/mol. The number of aryl methyl sites for hydroxylation is 1. The topological polar surface area (TPSA) is 77.5 Å². The molecule has 0 radical (unpaired) electrons. The van der Waals surface area contributed by atoms with E-state index in [-0.39, 0.29) is 12.5 Å². The fourth-order valence-corrected chi connectivity index (χ4v) is 3.61. The second kappa shape index (κ2) is 9.53. The average Bonchev–Trinajstić information content (AvgIpc) is 2.83. The third-order valence-corrected chi connectivity index (χ3v) is 5.41. The third kappa shape index (κ3) is 4.85. The van der Waals surface area contributed by atoms with Crippen LogP contribution in [-0.2, 0) is 11.3 Å². The molecule has 0 unspecified atom stereocenters. The van der Waals surface area contributed by atoms with Gasteiger partial charge in [0.15, 0.2) is 0 Å². The van der Waals surface area contributed by atoms with Crippen molar-refractivity contribution in [2.24, 2.45) is 0 Å². The minimum Gasteiger partial charge on any atom is -0.465 e. The molecule has 4 aromatic rings. The van der Waals surface area contributed by atoms with Crippen molar-refractivity contribution in [1.82, 2.24) is 10.3 Å². The van der Waals surface area contributed by atoms with Gasteiger partial charge in [0.05, 0.1) is 18.2 Å². The van der Waals surface area contributed by atoms with Gasteiger partial charge in [-0.15, -0.1) is 0 Å². The predicted octanol–water partition coefficient (Wildman–Crippen LogP) is 5.36. The van der Waals surface area contributed by atoms with E-state index in [9.17, 15) is 9.59 Å². The summed E-state index contributed by atoms with van der Waals surface area (Å²) in [4.78, 5) is 29.0. The van der Waals surface area contributed by atoms with Gasteiger partial charge in [0.25, 0.3) is 5.91 Å². The number of nitrogens with zero attached hydrogens (tertiary/aromatic N) is 1. The molecule has 0 bridgehead atoms. The minimum atomic E-state index is -0.414. The van der Waals surface area contributed by atoms with Crippen LogP contribution in [0.4, 0.5) is 0 Å². The van der Waals surface area contributed by atoms with E-state index >= 15 is 0 Å². The molecular formula is C27H24N2O4. The zero-order valence-electron chi connectivity index (χ0n) is 18.7. The minimum absolute atomic E-state index is 0.225. The zero-order chi connectivity index (χ0) is 23.4. The third-order valence-electron chi connectivity index (χ3n) is 5.41. The van der Waals surface area contributed by atoms with Crippen molar-refractivity contribution in [2.45, 2.75) is 20.4 Å². The molecule has 1 heterocycles. The van der Waals surface area contributed by atoms with Crippen LogP contribution in [0.15, 0.2) is 72.9 Å². The predicted molar refractivity (Wildman–Crippen MR) is 127 cm³/mol. The second-order valence-corrected chi connectivity index (χ2v) is 7.74. The number of nitrogens with one attached hydrogen (secondary N) is 1. The van der Waals surface area contributed by atoms with Gasteiger partial charge >= 0.3 is 5.97 Å². The number of carbonyl (C=O) groups excluding carboxylic acids is 2. The van der Waals surface area contributed by atoms with Crippen molar-refractivity contribution in [3.05, 3.63) is 101 Å². The van der Waals surface area contributed by atoms with E-state index in [0.717, 1.165) is 27.6 Å². The van der Waals surface area contributed by atoms with Crippen LogP contribution in [0.5, 0.6) is 11.5 Å². The largest absolute Gasteiger partial charge is 0.465 e. The highest BCUT2D eigenvalue weighted by Crippen LogP contribution is 2.32. The molecule has 1 amide bonds. The molecule has 33 heavy (non-hydrogen) atoms. The highest BCUT2D eigenvalue weighted by molar-refractivity contribution is 5.96. The van der Waals surface area contributed by atoms with Crippen molar-refractivity contribution >= 4 is 22.8 Å². The van der Waals surface area contributed by atoms with Gasteiger partial charge in [-0.05, 0) is 67.4 Å². The molecule has 1 aromatic heterocycles. The fraction of sp³-hybridized carbons (Fsp3) is 0.148. The Morgan fingerprint density at radius 2 is 1.76 bits per heavy atom. The van der Waals surface area contributed by atoms with Gasteiger partial charge < -0.3 is 14.8 Å². The van der Waals surface area contributed by atoms with E-state index in [1.165, 1.54) is 7.11 Å². The van der Waals surface area contributed by atoms with Gasteiger partial charge in [-0.1, -0.05) is 24.3 Å². The summed E-state index contributed by atoms with van der Waals surface area (Å²) >= 11 is 0. The maximum absolute atomic E-state index is 12.9. The van der Waals surface area contributed by atoms with Crippen LogP contribution >= 0.6 is 0 Å². The number of pyridine rings is 1. The molecule has 6 heteroatoms. The number of esters is 1. The Labute approximate surface area is 192 Å². The number of hydrogen-bond donors (Lipinski definition) is 1. The van der Waals surface area contributed by atoms with Crippen molar-refractivity contribution in [1.29, 1.82) is 0 Å². The molecule has 0 saturated heterocycles. The van der Waals surface area contributed by atoms with Gasteiger partial charge in [-0.3, -0.25) is 9.78 Å². The first-order valence-corrected chi connectivity index (χ1v) is 10.5. The molecule has 3 aromatic carbocycles. The Morgan fingerprint density at radius 3 is 2.58 bits per heavy atom. The number of aromatic nitrogens is 1. The molecular weight excluding hydrogens is 416 g/mol. The fourth-order valence-electron chi connectivity index (χ4n) is 3.61. The monoisotopic (exact) mass is 440 g/mol. The van der Waals surface area contributed by atoms with E-state index in [2.05, 4.69) is 10.3 Å². The highest BCUT2D eigenvalue weighted by atomic mass is 16.5. The number of carbonyl (C=O) groups is 2. The standard InChI is InChI=1S/C27H24N2O4/c1-17-10-11-22-23(14-17)28-13-12-25(22)33-24-9-5-8-21(18(24)2)26(30)29-16-19-6-4-7-20(15-19)27(31)32-3/h4-15H,16H2,1-3H3,(H,29,30). The second-order valence-electron chi connectivity index (χ2n) is 7.74. The molecule has 0 fully saturated rings. The lowest BCUT2D eigenvalue weighted by Gasteiger charge is -2.14. The number of benzene rings is 3. The molecule has 0 atom stereocenters. The molecule has 0 saturated carbocycles. The van der Waals surface area contributed by atoms with Crippen LogP contribution in [0.25, 0.3) is 10.9 Å². The van der Waals surface area contributed by atoms with Crippen LogP contribution in [0, 0.1) is 13.8 Å². The molecule has 166 valence electrons. The zero-order valence-corrected chi connectivity index (χ0v) is 18.7. The Kier molecular flexibility index (Phi) is 6.36. The van der Waals surface area contributed by atoms with E-state index in [0.29, 0.717) is 22.6 Å². The maximum atomic E-state index is 12.9. The summed E-state index contributed by atoms with van der Waals surface area (Å²) in [6, 6.07) is 20.2. The lowest BCUT2D eigenvalue weighted by molar-refractivity contribution is 0.0600. The molecule has 4 rings (SSSR count). The summed E-state index contributed by atoms with van der Waals surface area (Å²) < 4.78 is 11.0. The summed E-state index contributed by atoms with van der Waals surface area (Å²) in [5.41, 5.74) is 4.47. The number of rotatable bonds is 6. The van der Waals surface area contributed by atoms with E-state index < -0.39 is 5.97 Å². The van der Waals surface area contributed by atoms with E-state index in [1.807, 2.05) is 50.2 Å². The first-order valence-electron chi connectivity index (χ1n) is 10.5. The Balaban J connectivity index is 1.53. The number of methoxy groups -OCH3 is 1. The molecule has 0 aliphatic carbocycles. The Hall–Kier alpha value is -4.19. The van der Waals surface area contributed by atoms with Crippen LogP contribution in [0.3, 0.4) is 0 Å². The van der Waals surface area contributed by atoms with Gasteiger partial charge in [0, 0.05) is 29.3 Å². The first-order chi connectivity index (χ1) is 16.0. The number of ether oxygens (including phenoxy) is 2.